The van der Waals surface area contributed by atoms with Gasteiger partial charge in [-0.3, -0.25) is 9.59 Å². The number of nitrogens with one attached hydrogen (secondary N) is 1. The number of carbonyl (C=O) groups excluding carboxylic acids is 2. The average Bonchev–Trinajstić information content (AvgIpc) is 2.46. The largest absolute Gasteiger partial charge is 0.354 e. The minimum Gasteiger partial charge on any atom is -0.354 e. The normalized spacial score (nSPS) is 10.5. The number of anilines is 1. The Balaban J connectivity index is 2.59. The third kappa shape index (κ3) is 5.17. The van der Waals surface area contributed by atoms with E-state index >= 15 is 0 Å². The lowest BCUT2D eigenvalue weighted by Crippen LogP contribution is -2.39. The Morgan fingerprint density at radius 3 is 2.24 bits per heavy atom. The highest BCUT2D eigenvalue weighted by molar-refractivity contribution is 5.91. The lowest BCUT2D eigenvalue weighted by atomic mass is 10.0. The lowest BCUT2D eigenvalue weighted by molar-refractivity contribution is -0.125. The quantitative estimate of drug-likeness (QED) is 0.840. The fourth-order valence-electron chi connectivity index (χ4n) is 2.18. The summed E-state index contributed by atoms with van der Waals surface area (Å²) in [7, 11) is 0. The van der Waals surface area contributed by atoms with Crippen LogP contribution >= 0.6 is 0 Å². The Labute approximate surface area is 125 Å². The molecule has 0 atom stereocenters. The van der Waals surface area contributed by atoms with E-state index < -0.39 is 0 Å². The van der Waals surface area contributed by atoms with Crippen molar-refractivity contribution in [2.75, 3.05) is 18.0 Å². The molecule has 1 N–H and O–H groups in total. The monoisotopic (exact) mass is 294 g/mol. The maximum atomic E-state index is 12.9. The molecule has 0 unspecified atom stereocenters. The number of nitrogens with zero attached hydrogens (tertiary/aromatic N) is 1. The van der Waals surface area contributed by atoms with Crippen molar-refractivity contribution in [1.82, 2.24) is 5.32 Å². The molecule has 0 aromatic heterocycles. The molecule has 0 bridgehead atoms. The Kier molecular flexibility index (Phi) is 6.85. The Bertz CT molecular complexity index is 470. The van der Waals surface area contributed by atoms with E-state index in [1.165, 1.54) is 24.0 Å². The van der Waals surface area contributed by atoms with Crippen LogP contribution in [0.4, 0.5) is 10.1 Å². The van der Waals surface area contributed by atoms with Gasteiger partial charge in [-0.2, -0.15) is 0 Å². The zero-order chi connectivity index (χ0) is 15.8. The molecule has 0 saturated carbocycles. The van der Waals surface area contributed by atoms with Crippen molar-refractivity contribution in [2.45, 2.75) is 33.6 Å². The lowest BCUT2D eigenvalue weighted by Gasteiger charge is -2.22. The number of halogens is 1. The van der Waals surface area contributed by atoms with Crippen molar-refractivity contribution < 1.29 is 14.0 Å². The molecule has 1 rings (SSSR count). The second kappa shape index (κ2) is 8.39. The van der Waals surface area contributed by atoms with E-state index in [0.717, 1.165) is 12.8 Å². The van der Waals surface area contributed by atoms with E-state index in [9.17, 15) is 14.0 Å². The highest BCUT2D eigenvalue weighted by atomic mass is 19.1. The van der Waals surface area contributed by atoms with Gasteiger partial charge in [0.25, 0.3) is 0 Å². The van der Waals surface area contributed by atoms with Crippen LogP contribution in [-0.4, -0.2) is 24.9 Å². The number of amides is 2. The summed E-state index contributed by atoms with van der Waals surface area (Å²) in [6.45, 7) is 6.16. The van der Waals surface area contributed by atoms with Crippen LogP contribution in [0.1, 0.15) is 33.6 Å². The number of carbonyl (C=O) groups is 2. The van der Waals surface area contributed by atoms with Crippen LogP contribution in [-0.2, 0) is 9.59 Å². The summed E-state index contributed by atoms with van der Waals surface area (Å²) in [6.07, 6.45) is 1.60. The van der Waals surface area contributed by atoms with Crippen molar-refractivity contribution in [3.8, 4) is 0 Å². The summed E-state index contributed by atoms with van der Waals surface area (Å²) >= 11 is 0. The maximum absolute atomic E-state index is 12.9. The van der Waals surface area contributed by atoms with E-state index in [1.54, 1.807) is 12.1 Å². The first-order chi connectivity index (χ1) is 9.99. The summed E-state index contributed by atoms with van der Waals surface area (Å²) in [5.74, 6) is -0.452. The molecule has 2 amide bonds. The second-order valence-electron chi connectivity index (χ2n) is 4.95. The van der Waals surface area contributed by atoms with Gasteiger partial charge in [-0.05, 0) is 37.1 Å². The van der Waals surface area contributed by atoms with Gasteiger partial charge in [-0.25, -0.2) is 4.39 Å². The van der Waals surface area contributed by atoms with E-state index in [0.29, 0.717) is 18.8 Å². The standard InChI is InChI=1S/C16H23FN2O2/c1-4-13(5-2)16(21)18-10-11-19(12(3)20)15-8-6-14(17)7-9-15/h6-9,13H,4-5,10-11H2,1-3H3,(H,18,21). The van der Waals surface area contributed by atoms with E-state index in [4.69, 9.17) is 0 Å². The summed E-state index contributed by atoms with van der Waals surface area (Å²) in [5, 5.41) is 2.84. The second-order valence-corrected chi connectivity index (χ2v) is 4.95. The van der Waals surface area contributed by atoms with Gasteiger partial charge < -0.3 is 10.2 Å². The average molecular weight is 294 g/mol. The summed E-state index contributed by atoms with van der Waals surface area (Å²) in [6, 6.07) is 5.74. The Hall–Kier alpha value is -1.91. The van der Waals surface area contributed by atoms with Crippen LogP contribution in [0.25, 0.3) is 0 Å². The summed E-state index contributed by atoms with van der Waals surface area (Å²) in [4.78, 5) is 25.1. The zero-order valence-electron chi connectivity index (χ0n) is 12.9. The third-order valence-electron chi connectivity index (χ3n) is 3.51. The molecule has 5 heteroatoms. The van der Waals surface area contributed by atoms with Gasteiger partial charge in [0.2, 0.25) is 11.8 Å². The first kappa shape index (κ1) is 17.1. The molecule has 0 aliphatic rings. The van der Waals surface area contributed by atoms with Gasteiger partial charge in [0.1, 0.15) is 5.82 Å². The first-order valence-electron chi connectivity index (χ1n) is 7.30. The van der Waals surface area contributed by atoms with Crippen molar-refractivity contribution in [3.05, 3.63) is 30.1 Å². The van der Waals surface area contributed by atoms with Crippen molar-refractivity contribution in [3.63, 3.8) is 0 Å². The zero-order valence-corrected chi connectivity index (χ0v) is 12.9. The molecular formula is C16H23FN2O2. The predicted octanol–water partition coefficient (Wildman–Crippen LogP) is 2.73. The van der Waals surface area contributed by atoms with Gasteiger partial charge in [0.15, 0.2) is 0 Å². The van der Waals surface area contributed by atoms with Crippen LogP contribution in [0.3, 0.4) is 0 Å². The number of rotatable bonds is 7. The van der Waals surface area contributed by atoms with E-state index in [2.05, 4.69) is 5.32 Å². The predicted molar refractivity (Wildman–Crippen MR) is 81.5 cm³/mol. The highest BCUT2D eigenvalue weighted by Gasteiger charge is 2.15. The molecule has 0 saturated heterocycles. The van der Waals surface area contributed by atoms with Crippen molar-refractivity contribution in [2.24, 2.45) is 5.92 Å². The molecule has 21 heavy (non-hydrogen) atoms. The minimum absolute atomic E-state index is 0.0154. The Morgan fingerprint density at radius 2 is 1.76 bits per heavy atom. The van der Waals surface area contributed by atoms with Crippen LogP contribution < -0.4 is 10.2 Å². The SMILES string of the molecule is CCC(CC)C(=O)NCCN(C(C)=O)c1ccc(F)cc1. The fraction of sp³-hybridized carbons (Fsp3) is 0.500. The van der Waals surface area contributed by atoms with Gasteiger partial charge in [0, 0.05) is 31.6 Å². The third-order valence-corrected chi connectivity index (χ3v) is 3.51. The summed E-state index contributed by atoms with van der Waals surface area (Å²) < 4.78 is 12.9. The van der Waals surface area contributed by atoms with E-state index in [1.807, 2.05) is 13.8 Å². The molecule has 116 valence electrons. The van der Waals surface area contributed by atoms with Crippen LogP contribution in [0.2, 0.25) is 0 Å². The molecule has 4 nitrogen and oxygen atoms in total. The number of hydrogen-bond donors (Lipinski definition) is 1. The molecule has 0 aliphatic carbocycles. The topological polar surface area (TPSA) is 49.4 Å². The van der Waals surface area contributed by atoms with Crippen LogP contribution in [0.15, 0.2) is 24.3 Å². The first-order valence-corrected chi connectivity index (χ1v) is 7.30. The molecule has 0 heterocycles. The van der Waals surface area contributed by atoms with Crippen molar-refractivity contribution >= 4 is 17.5 Å². The number of hydrogen-bond acceptors (Lipinski definition) is 2. The van der Waals surface area contributed by atoms with Gasteiger partial charge in [-0.15, -0.1) is 0 Å². The molecule has 1 aromatic carbocycles. The molecule has 0 radical (unpaired) electrons. The minimum atomic E-state index is -0.343. The van der Waals surface area contributed by atoms with Gasteiger partial charge >= 0.3 is 0 Å². The smallest absolute Gasteiger partial charge is 0.223 e. The van der Waals surface area contributed by atoms with Crippen molar-refractivity contribution in [1.29, 1.82) is 0 Å². The molecule has 1 aromatic rings. The van der Waals surface area contributed by atoms with Crippen LogP contribution in [0.5, 0.6) is 0 Å². The van der Waals surface area contributed by atoms with Gasteiger partial charge in [0.05, 0.1) is 0 Å². The number of benzene rings is 1. The van der Waals surface area contributed by atoms with Crippen LogP contribution in [0, 0.1) is 11.7 Å². The Morgan fingerprint density at radius 1 is 1.19 bits per heavy atom. The molecule has 0 spiro atoms. The summed E-state index contributed by atoms with van der Waals surface area (Å²) in [5.41, 5.74) is 0.626. The molecular weight excluding hydrogens is 271 g/mol. The van der Waals surface area contributed by atoms with E-state index in [-0.39, 0.29) is 23.5 Å². The molecule has 0 aliphatic heterocycles. The fourth-order valence-corrected chi connectivity index (χ4v) is 2.18. The molecule has 0 fully saturated rings. The highest BCUT2D eigenvalue weighted by Crippen LogP contribution is 2.14. The maximum Gasteiger partial charge on any atom is 0.223 e. The van der Waals surface area contributed by atoms with Gasteiger partial charge in [-0.1, -0.05) is 13.8 Å².